The van der Waals surface area contributed by atoms with Crippen LogP contribution in [0.25, 0.3) is 0 Å². The summed E-state index contributed by atoms with van der Waals surface area (Å²) in [5.41, 5.74) is 5.88. The van der Waals surface area contributed by atoms with Gasteiger partial charge in [-0.25, -0.2) is 0 Å². The lowest BCUT2D eigenvalue weighted by Crippen LogP contribution is -2.40. The molecule has 0 spiro atoms. The molecular weight excluding hydrogens is 240 g/mol. The van der Waals surface area contributed by atoms with Gasteiger partial charge in [0.25, 0.3) is 0 Å². The molecule has 2 atom stereocenters. The van der Waals surface area contributed by atoms with Gasteiger partial charge in [-0.2, -0.15) is 0 Å². The number of nitrogens with zero attached hydrogens (tertiary/aromatic N) is 1. The molecule has 1 saturated heterocycles. The molecule has 2 unspecified atom stereocenters. The Morgan fingerprint density at radius 2 is 2.05 bits per heavy atom. The monoisotopic (exact) mass is 268 g/mol. The van der Waals surface area contributed by atoms with Gasteiger partial charge in [0.2, 0.25) is 0 Å². The van der Waals surface area contributed by atoms with E-state index in [1.54, 1.807) is 0 Å². The fourth-order valence-electron chi connectivity index (χ4n) is 3.68. The fourth-order valence-corrected chi connectivity index (χ4v) is 3.68. The second-order valence-corrected chi connectivity index (χ2v) is 5.94. The van der Waals surface area contributed by atoms with Crippen LogP contribution in [-0.2, 0) is 9.53 Å². The highest BCUT2D eigenvalue weighted by Gasteiger charge is 2.33. The third kappa shape index (κ3) is 3.93. The molecule has 1 aliphatic carbocycles. The van der Waals surface area contributed by atoms with E-state index in [4.69, 9.17) is 10.5 Å². The summed E-state index contributed by atoms with van der Waals surface area (Å²) in [6.45, 7) is 4.36. The van der Waals surface area contributed by atoms with Crippen LogP contribution in [0.2, 0.25) is 0 Å². The zero-order chi connectivity index (χ0) is 13.7. The largest absolute Gasteiger partial charge is 0.465 e. The molecule has 0 bridgehead atoms. The van der Waals surface area contributed by atoms with Gasteiger partial charge in [0, 0.05) is 12.6 Å². The molecule has 0 amide bonds. The van der Waals surface area contributed by atoms with E-state index in [0.717, 1.165) is 24.9 Å². The number of ether oxygens (including phenoxy) is 1. The predicted octanol–water partition coefficient (Wildman–Crippen LogP) is 1.92. The average Bonchev–Trinajstić information content (AvgIpc) is 3.06. The number of carbonyl (C=O) groups excluding carboxylic acids is 1. The van der Waals surface area contributed by atoms with Crippen LogP contribution in [0.5, 0.6) is 0 Å². The third-order valence-electron chi connectivity index (χ3n) is 4.67. The van der Waals surface area contributed by atoms with Gasteiger partial charge < -0.3 is 15.4 Å². The molecule has 110 valence electrons. The summed E-state index contributed by atoms with van der Waals surface area (Å²) >= 11 is 0. The van der Waals surface area contributed by atoms with Gasteiger partial charge in [-0.05, 0) is 51.5 Å². The number of nitrogens with two attached hydrogens (primary N) is 1. The van der Waals surface area contributed by atoms with Crippen LogP contribution < -0.4 is 5.73 Å². The van der Waals surface area contributed by atoms with Crippen LogP contribution in [0, 0.1) is 5.92 Å². The van der Waals surface area contributed by atoms with Crippen molar-refractivity contribution in [1.29, 1.82) is 0 Å². The Hall–Kier alpha value is -0.610. The molecule has 2 rings (SSSR count). The van der Waals surface area contributed by atoms with Gasteiger partial charge >= 0.3 is 5.97 Å². The van der Waals surface area contributed by atoms with Crippen LogP contribution in [-0.4, -0.2) is 42.6 Å². The minimum atomic E-state index is -0.454. The number of hydrogen-bond donors (Lipinski definition) is 1. The average molecular weight is 268 g/mol. The number of rotatable bonds is 6. The van der Waals surface area contributed by atoms with Crippen molar-refractivity contribution in [2.24, 2.45) is 11.7 Å². The van der Waals surface area contributed by atoms with Gasteiger partial charge in [-0.1, -0.05) is 12.8 Å². The second kappa shape index (κ2) is 7.25. The first-order valence-electron chi connectivity index (χ1n) is 7.88. The van der Waals surface area contributed by atoms with E-state index in [1.807, 2.05) is 6.92 Å². The number of hydrogen-bond acceptors (Lipinski definition) is 4. The lowest BCUT2D eigenvalue weighted by Gasteiger charge is -2.29. The maximum atomic E-state index is 11.5. The third-order valence-corrected chi connectivity index (χ3v) is 4.67. The molecule has 0 aromatic carbocycles. The van der Waals surface area contributed by atoms with Gasteiger partial charge in [0.1, 0.15) is 6.04 Å². The molecule has 2 aliphatic rings. The second-order valence-electron chi connectivity index (χ2n) is 5.94. The molecule has 0 radical (unpaired) electrons. The summed E-state index contributed by atoms with van der Waals surface area (Å²) in [5.74, 6) is 0.639. The summed E-state index contributed by atoms with van der Waals surface area (Å²) in [6, 6.07) is 0.293. The number of esters is 1. The quantitative estimate of drug-likeness (QED) is 0.748. The van der Waals surface area contributed by atoms with Crippen LogP contribution in [0.15, 0.2) is 0 Å². The van der Waals surface area contributed by atoms with Gasteiger partial charge in [0.15, 0.2) is 0 Å². The molecule has 0 aromatic rings. The van der Waals surface area contributed by atoms with E-state index in [2.05, 4.69) is 4.90 Å². The van der Waals surface area contributed by atoms with Crippen LogP contribution in [0.1, 0.15) is 51.9 Å². The summed E-state index contributed by atoms with van der Waals surface area (Å²) < 4.78 is 4.96. The number of likely N-dealkylation sites (tertiary alicyclic amines) is 1. The van der Waals surface area contributed by atoms with E-state index in [1.165, 1.54) is 45.1 Å². The Kier molecular flexibility index (Phi) is 5.64. The van der Waals surface area contributed by atoms with Crippen LogP contribution in [0.4, 0.5) is 0 Å². The lowest BCUT2D eigenvalue weighted by molar-refractivity contribution is -0.144. The summed E-state index contributed by atoms with van der Waals surface area (Å²) in [4.78, 5) is 14.1. The Morgan fingerprint density at radius 3 is 2.74 bits per heavy atom. The normalized spacial score (nSPS) is 26.7. The summed E-state index contributed by atoms with van der Waals surface area (Å²) in [5, 5.41) is 0. The van der Waals surface area contributed by atoms with E-state index in [0.29, 0.717) is 6.61 Å². The fraction of sp³-hybridized carbons (Fsp3) is 0.933. The molecule has 2 N–H and O–H groups in total. The van der Waals surface area contributed by atoms with Gasteiger partial charge in [-0.15, -0.1) is 0 Å². The topological polar surface area (TPSA) is 55.6 Å². The Labute approximate surface area is 116 Å². The highest BCUT2D eigenvalue weighted by molar-refractivity contribution is 5.75. The first-order valence-corrected chi connectivity index (χ1v) is 7.88. The molecule has 4 nitrogen and oxygen atoms in total. The van der Waals surface area contributed by atoms with Gasteiger partial charge in [-0.3, -0.25) is 4.79 Å². The van der Waals surface area contributed by atoms with Crippen LogP contribution >= 0.6 is 0 Å². The van der Waals surface area contributed by atoms with Crippen molar-refractivity contribution < 1.29 is 9.53 Å². The standard InChI is InChI=1S/C15H28N2O2/c1-2-19-15(18)13(16)9-11-17-10-5-8-14(17)12-6-3-4-7-12/h12-14H,2-11,16H2,1H3. The zero-order valence-corrected chi connectivity index (χ0v) is 12.1. The zero-order valence-electron chi connectivity index (χ0n) is 12.1. The van der Waals surface area contributed by atoms with Crippen LogP contribution in [0.3, 0.4) is 0 Å². The Morgan fingerprint density at radius 1 is 1.32 bits per heavy atom. The highest BCUT2D eigenvalue weighted by atomic mass is 16.5. The Balaban J connectivity index is 1.76. The predicted molar refractivity (Wildman–Crippen MR) is 75.8 cm³/mol. The smallest absolute Gasteiger partial charge is 0.322 e. The first kappa shape index (κ1) is 14.8. The van der Waals surface area contributed by atoms with E-state index in [9.17, 15) is 4.79 Å². The maximum absolute atomic E-state index is 11.5. The van der Waals surface area contributed by atoms with Crippen molar-refractivity contribution >= 4 is 5.97 Å². The van der Waals surface area contributed by atoms with Crippen molar-refractivity contribution in [3.8, 4) is 0 Å². The SMILES string of the molecule is CCOC(=O)C(N)CCN1CCCC1C1CCCC1. The number of carbonyl (C=O) groups is 1. The van der Waals surface area contributed by atoms with Crippen molar-refractivity contribution in [2.75, 3.05) is 19.7 Å². The lowest BCUT2D eigenvalue weighted by atomic mass is 9.96. The molecule has 4 heteroatoms. The van der Waals surface area contributed by atoms with Gasteiger partial charge in [0.05, 0.1) is 6.61 Å². The molecule has 2 fully saturated rings. The highest BCUT2D eigenvalue weighted by Crippen LogP contribution is 2.35. The molecule has 1 saturated carbocycles. The maximum Gasteiger partial charge on any atom is 0.322 e. The van der Waals surface area contributed by atoms with Crippen molar-refractivity contribution in [1.82, 2.24) is 4.90 Å². The van der Waals surface area contributed by atoms with E-state index >= 15 is 0 Å². The molecule has 19 heavy (non-hydrogen) atoms. The van der Waals surface area contributed by atoms with Crippen molar-refractivity contribution in [2.45, 2.75) is 64.0 Å². The molecule has 0 aromatic heterocycles. The minimum Gasteiger partial charge on any atom is -0.465 e. The first-order chi connectivity index (χ1) is 9.22. The molecule has 1 aliphatic heterocycles. The Bertz CT molecular complexity index is 290. The van der Waals surface area contributed by atoms with Crippen molar-refractivity contribution in [3.05, 3.63) is 0 Å². The van der Waals surface area contributed by atoms with E-state index < -0.39 is 6.04 Å². The summed E-state index contributed by atoms with van der Waals surface area (Å²) in [6.07, 6.45) is 8.95. The van der Waals surface area contributed by atoms with Crippen molar-refractivity contribution in [3.63, 3.8) is 0 Å². The molecular formula is C15H28N2O2. The minimum absolute atomic E-state index is 0.251. The molecule has 1 heterocycles. The summed E-state index contributed by atoms with van der Waals surface area (Å²) in [7, 11) is 0. The van der Waals surface area contributed by atoms with E-state index in [-0.39, 0.29) is 5.97 Å².